The Morgan fingerprint density at radius 1 is 0.972 bits per heavy atom. The first-order valence-electron chi connectivity index (χ1n) is 12.4. The number of hydrogen-bond acceptors (Lipinski definition) is 5. The van der Waals surface area contributed by atoms with Gasteiger partial charge >= 0.3 is 0 Å². The molecule has 1 aliphatic heterocycles. The number of amides is 1. The first-order valence-corrected chi connectivity index (χ1v) is 12.4. The zero-order valence-corrected chi connectivity index (χ0v) is 21.2. The highest BCUT2D eigenvalue weighted by atomic mass is 16.5. The summed E-state index contributed by atoms with van der Waals surface area (Å²) in [4.78, 5) is 26.1. The van der Waals surface area contributed by atoms with E-state index in [0.29, 0.717) is 13.0 Å². The fourth-order valence-electron chi connectivity index (χ4n) is 4.54. The van der Waals surface area contributed by atoms with E-state index in [9.17, 15) is 4.79 Å². The van der Waals surface area contributed by atoms with Crippen LogP contribution in [0.15, 0.2) is 67.0 Å². The van der Waals surface area contributed by atoms with E-state index in [2.05, 4.69) is 57.1 Å². The summed E-state index contributed by atoms with van der Waals surface area (Å²) in [6, 6.07) is 19.0. The van der Waals surface area contributed by atoms with Crippen molar-refractivity contribution in [2.45, 2.75) is 6.42 Å². The van der Waals surface area contributed by atoms with Gasteiger partial charge in [-0.15, -0.1) is 0 Å². The van der Waals surface area contributed by atoms with E-state index in [1.54, 1.807) is 19.0 Å². The van der Waals surface area contributed by atoms with Gasteiger partial charge < -0.3 is 24.4 Å². The average molecular weight is 484 g/mol. The standard InChI is InChI=1S/C29H33N5O2/c1-32(2)28(35)12-17-36-25-10-6-22(7-11-25)27-20-31-29-26(27)18-23(19-30-29)21-4-8-24(9-5-21)34-15-13-33(3)14-16-34/h4-11,18-20H,12-17H2,1-3H3,(H,30,31). The molecule has 0 spiro atoms. The summed E-state index contributed by atoms with van der Waals surface area (Å²) in [5.74, 6) is 0.812. The lowest BCUT2D eigenvalue weighted by Crippen LogP contribution is -2.44. The minimum atomic E-state index is 0.0580. The van der Waals surface area contributed by atoms with Crippen LogP contribution in [-0.4, -0.2) is 79.6 Å². The second-order valence-corrected chi connectivity index (χ2v) is 9.57. The molecule has 1 amide bonds. The molecule has 1 aliphatic rings. The van der Waals surface area contributed by atoms with Crippen molar-refractivity contribution < 1.29 is 9.53 Å². The lowest BCUT2D eigenvalue weighted by molar-refractivity contribution is -0.129. The topological polar surface area (TPSA) is 64.7 Å². The Bertz CT molecular complexity index is 1320. The van der Waals surface area contributed by atoms with Gasteiger partial charge in [0.05, 0.1) is 13.0 Å². The molecule has 0 bridgehead atoms. The van der Waals surface area contributed by atoms with Crippen LogP contribution < -0.4 is 9.64 Å². The maximum Gasteiger partial charge on any atom is 0.225 e. The van der Waals surface area contributed by atoms with Crippen molar-refractivity contribution in [2.24, 2.45) is 0 Å². The van der Waals surface area contributed by atoms with Crippen LogP contribution in [0.1, 0.15) is 6.42 Å². The van der Waals surface area contributed by atoms with Gasteiger partial charge in [-0.1, -0.05) is 24.3 Å². The summed E-state index contributed by atoms with van der Waals surface area (Å²) >= 11 is 0. The van der Waals surface area contributed by atoms with Crippen LogP contribution in [0.5, 0.6) is 5.75 Å². The van der Waals surface area contributed by atoms with E-state index in [4.69, 9.17) is 4.74 Å². The second kappa shape index (κ2) is 10.4. The number of rotatable bonds is 7. The van der Waals surface area contributed by atoms with Crippen LogP contribution >= 0.6 is 0 Å². The maximum absolute atomic E-state index is 11.7. The molecule has 7 nitrogen and oxygen atoms in total. The van der Waals surface area contributed by atoms with E-state index in [1.807, 2.05) is 36.7 Å². The predicted octanol–water partition coefficient (Wildman–Crippen LogP) is 4.51. The van der Waals surface area contributed by atoms with Gasteiger partial charge in [-0.05, 0) is 48.5 Å². The van der Waals surface area contributed by atoms with Crippen LogP contribution in [0.4, 0.5) is 5.69 Å². The van der Waals surface area contributed by atoms with Gasteiger partial charge in [0, 0.05) is 74.9 Å². The SMILES string of the molecule is CN1CCN(c2ccc(-c3cnc4[nH]cc(-c5ccc(OCCC(=O)N(C)C)cc5)c4c3)cc2)CC1. The third-order valence-corrected chi connectivity index (χ3v) is 6.85. The van der Waals surface area contributed by atoms with Gasteiger partial charge in [-0.2, -0.15) is 0 Å². The molecule has 3 heterocycles. The molecule has 0 radical (unpaired) electrons. The highest BCUT2D eigenvalue weighted by Crippen LogP contribution is 2.32. The van der Waals surface area contributed by atoms with E-state index in [0.717, 1.165) is 65.2 Å². The molecule has 1 saturated heterocycles. The minimum Gasteiger partial charge on any atom is -0.493 e. The monoisotopic (exact) mass is 483 g/mol. The van der Waals surface area contributed by atoms with Gasteiger partial charge in [-0.25, -0.2) is 4.98 Å². The van der Waals surface area contributed by atoms with Crippen molar-refractivity contribution in [1.29, 1.82) is 0 Å². The van der Waals surface area contributed by atoms with Crippen molar-refractivity contribution in [1.82, 2.24) is 19.8 Å². The number of nitrogens with zero attached hydrogens (tertiary/aromatic N) is 4. The van der Waals surface area contributed by atoms with E-state index in [1.165, 1.54) is 5.69 Å². The first kappa shape index (κ1) is 23.9. The third-order valence-electron chi connectivity index (χ3n) is 6.85. The summed E-state index contributed by atoms with van der Waals surface area (Å²) in [5, 5.41) is 1.08. The van der Waals surface area contributed by atoms with E-state index in [-0.39, 0.29) is 5.91 Å². The van der Waals surface area contributed by atoms with Crippen molar-refractivity contribution in [2.75, 3.05) is 58.8 Å². The van der Waals surface area contributed by atoms with Crippen LogP contribution in [0.2, 0.25) is 0 Å². The normalized spacial score (nSPS) is 14.2. The summed E-state index contributed by atoms with van der Waals surface area (Å²) in [7, 11) is 5.68. The largest absolute Gasteiger partial charge is 0.493 e. The fourth-order valence-corrected chi connectivity index (χ4v) is 4.54. The smallest absolute Gasteiger partial charge is 0.225 e. The fraction of sp³-hybridized carbons (Fsp3) is 0.310. The Hall–Kier alpha value is -3.84. The number of likely N-dealkylation sites (N-methyl/N-ethyl adjacent to an activating group) is 1. The predicted molar refractivity (Wildman–Crippen MR) is 145 cm³/mol. The van der Waals surface area contributed by atoms with Crippen molar-refractivity contribution in [3.05, 3.63) is 67.0 Å². The lowest BCUT2D eigenvalue weighted by atomic mass is 10.0. The number of carbonyl (C=O) groups excluding carboxylic acids is 1. The summed E-state index contributed by atoms with van der Waals surface area (Å²) in [6.07, 6.45) is 4.30. The number of fused-ring (bicyclic) bond motifs is 1. The number of hydrogen-bond donors (Lipinski definition) is 1. The molecular weight excluding hydrogens is 450 g/mol. The molecule has 36 heavy (non-hydrogen) atoms. The number of anilines is 1. The Labute approximate surface area is 212 Å². The summed E-state index contributed by atoms with van der Waals surface area (Å²) in [5.41, 5.74) is 6.58. The van der Waals surface area contributed by atoms with Crippen molar-refractivity contribution in [3.63, 3.8) is 0 Å². The first-order chi connectivity index (χ1) is 17.5. The number of carbonyl (C=O) groups is 1. The summed E-state index contributed by atoms with van der Waals surface area (Å²) < 4.78 is 5.75. The molecule has 2 aromatic heterocycles. The number of aromatic amines is 1. The van der Waals surface area contributed by atoms with Crippen LogP contribution in [0, 0.1) is 0 Å². The number of aromatic nitrogens is 2. The van der Waals surface area contributed by atoms with Gasteiger partial charge in [-0.3, -0.25) is 4.79 Å². The molecule has 186 valence electrons. The van der Waals surface area contributed by atoms with Gasteiger partial charge in [0.15, 0.2) is 0 Å². The van der Waals surface area contributed by atoms with E-state index >= 15 is 0 Å². The van der Waals surface area contributed by atoms with Crippen LogP contribution in [0.3, 0.4) is 0 Å². The number of ether oxygens (including phenoxy) is 1. The van der Waals surface area contributed by atoms with Crippen LogP contribution in [-0.2, 0) is 4.79 Å². The zero-order valence-electron chi connectivity index (χ0n) is 21.2. The molecule has 0 atom stereocenters. The lowest BCUT2D eigenvalue weighted by Gasteiger charge is -2.34. The summed E-state index contributed by atoms with van der Waals surface area (Å²) in [6.45, 7) is 4.69. The van der Waals surface area contributed by atoms with Crippen LogP contribution in [0.25, 0.3) is 33.3 Å². The maximum atomic E-state index is 11.7. The Balaban J connectivity index is 1.31. The quantitative estimate of drug-likeness (QED) is 0.419. The number of piperazine rings is 1. The molecule has 0 unspecified atom stereocenters. The van der Waals surface area contributed by atoms with Crippen molar-refractivity contribution in [3.8, 4) is 28.0 Å². The van der Waals surface area contributed by atoms with Crippen molar-refractivity contribution >= 4 is 22.6 Å². The van der Waals surface area contributed by atoms with Gasteiger partial charge in [0.25, 0.3) is 0 Å². The number of pyridine rings is 1. The zero-order chi connectivity index (χ0) is 25.1. The highest BCUT2D eigenvalue weighted by Gasteiger charge is 2.15. The van der Waals surface area contributed by atoms with Gasteiger partial charge in [0.1, 0.15) is 11.4 Å². The molecular formula is C29H33N5O2. The minimum absolute atomic E-state index is 0.0580. The Morgan fingerprint density at radius 2 is 1.67 bits per heavy atom. The molecule has 1 fully saturated rings. The molecule has 4 aromatic rings. The molecule has 0 saturated carbocycles. The number of nitrogens with one attached hydrogen (secondary N) is 1. The van der Waals surface area contributed by atoms with Gasteiger partial charge in [0.2, 0.25) is 5.91 Å². The average Bonchev–Trinajstić information content (AvgIpc) is 3.33. The molecule has 2 aromatic carbocycles. The molecule has 5 rings (SSSR count). The molecule has 0 aliphatic carbocycles. The molecule has 7 heteroatoms. The Morgan fingerprint density at radius 3 is 2.36 bits per heavy atom. The Kier molecular flexibility index (Phi) is 6.91. The second-order valence-electron chi connectivity index (χ2n) is 9.57. The highest BCUT2D eigenvalue weighted by molar-refractivity contribution is 5.95. The number of benzene rings is 2. The number of H-pyrrole nitrogens is 1. The van der Waals surface area contributed by atoms with E-state index < -0.39 is 0 Å². The third kappa shape index (κ3) is 5.21. The molecule has 1 N–H and O–H groups in total.